The molecule has 1 fully saturated rings. The second-order valence-electron chi connectivity index (χ2n) is 3.54. The molecule has 0 aliphatic carbocycles. The molecule has 1 aromatic rings. The predicted molar refractivity (Wildman–Crippen MR) is 60.8 cm³/mol. The average Bonchev–Trinajstić information content (AvgIpc) is 2.61. The molecule has 0 aromatic heterocycles. The molecule has 2 rings (SSSR count). The third-order valence-electron chi connectivity index (χ3n) is 2.39. The normalized spacial score (nSPS) is 17.7. The van der Waals surface area contributed by atoms with Crippen molar-refractivity contribution in [3.63, 3.8) is 0 Å². The Morgan fingerprint density at radius 1 is 1.25 bits per heavy atom. The van der Waals surface area contributed by atoms with Crippen LogP contribution in [0.25, 0.3) is 0 Å². The van der Waals surface area contributed by atoms with Gasteiger partial charge in [0.1, 0.15) is 5.75 Å². The molecule has 16 heavy (non-hydrogen) atoms. The van der Waals surface area contributed by atoms with Crippen LogP contribution in [-0.4, -0.2) is 35.7 Å². The number of urea groups is 1. The van der Waals surface area contributed by atoms with Gasteiger partial charge in [-0.1, -0.05) is 18.2 Å². The summed E-state index contributed by atoms with van der Waals surface area (Å²) in [5.41, 5.74) is 0. The van der Waals surface area contributed by atoms with Crippen LogP contribution in [0.4, 0.5) is 4.79 Å². The second kappa shape index (κ2) is 4.58. The molecule has 0 radical (unpaired) electrons. The zero-order valence-electron chi connectivity index (χ0n) is 8.92. The molecule has 2 amide bonds. The van der Waals surface area contributed by atoms with Gasteiger partial charge < -0.3 is 9.42 Å². The number of para-hydroxylation sites is 1. The third-order valence-corrected chi connectivity index (χ3v) is 3.65. The summed E-state index contributed by atoms with van der Waals surface area (Å²) in [4.78, 5) is 13.1. The van der Waals surface area contributed by atoms with Gasteiger partial charge in [0.25, 0.3) is 0 Å². The second-order valence-corrected chi connectivity index (χ2v) is 4.81. The minimum absolute atomic E-state index is 0.236. The van der Waals surface area contributed by atoms with Gasteiger partial charge in [-0.15, -0.1) is 0 Å². The van der Waals surface area contributed by atoms with E-state index < -0.39 is 8.18 Å². The van der Waals surface area contributed by atoms with E-state index in [-0.39, 0.29) is 6.03 Å². The van der Waals surface area contributed by atoms with Gasteiger partial charge in [0.2, 0.25) is 0 Å². The van der Waals surface area contributed by atoms with Crippen molar-refractivity contribution in [3.8, 4) is 5.75 Å². The molecular formula is C10H13N2O3P. The van der Waals surface area contributed by atoms with E-state index in [0.717, 1.165) is 0 Å². The van der Waals surface area contributed by atoms with Crippen LogP contribution in [0.5, 0.6) is 5.75 Å². The van der Waals surface area contributed by atoms with Crippen LogP contribution in [0.2, 0.25) is 0 Å². The number of carbonyl (C=O) groups excluding carboxylic acids is 1. The number of rotatable bonds is 3. The molecular weight excluding hydrogens is 227 g/mol. The van der Waals surface area contributed by atoms with Crippen LogP contribution >= 0.6 is 8.18 Å². The van der Waals surface area contributed by atoms with Crippen LogP contribution < -0.4 is 4.52 Å². The molecule has 0 N–H and O–H groups in total. The number of hydrogen-bond donors (Lipinski definition) is 0. The summed E-state index contributed by atoms with van der Waals surface area (Å²) < 4.78 is 18.3. The zero-order valence-corrected chi connectivity index (χ0v) is 9.92. The summed E-state index contributed by atoms with van der Waals surface area (Å²) in [6.45, 7) is 1.05. The monoisotopic (exact) mass is 240 g/mol. The third kappa shape index (κ3) is 2.19. The van der Waals surface area contributed by atoms with E-state index in [9.17, 15) is 9.36 Å². The smallest absolute Gasteiger partial charge is 0.336 e. The Labute approximate surface area is 94.5 Å². The average molecular weight is 240 g/mol. The maximum Gasteiger partial charge on any atom is 0.336 e. The summed E-state index contributed by atoms with van der Waals surface area (Å²) in [5, 5.41) is 0. The fraction of sp³-hybridized carbons (Fsp3) is 0.300. The van der Waals surface area contributed by atoms with Crippen molar-refractivity contribution < 1.29 is 13.9 Å². The van der Waals surface area contributed by atoms with Gasteiger partial charge in [-0.2, -0.15) is 0 Å². The van der Waals surface area contributed by atoms with E-state index in [4.69, 9.17) is 4.52 Å². The highest BCUT2D eigenvalue weighted by Gasteiger charge is 2.30. The minimum Gasteiger partial charge on any atom is -0.431 e. The predicted octanol–water partition coefficient (Wildman–Crippen LogP) is 1.82. The van der Waals surface area contributed by atoms with E-state index in [1.165, 1.54) is 9.57 Å². The van der Waals surface area contributed by atoms with Gasteiger partial charge in [0.05, 0.1) is 0 Å². The van der Waals surface area contributed by atoms with E-state index >= 15 is 0 Å². The van der Waals surface area contributed by atoms with E-state index in [1.807, 2.05) is 6.07 Å². The molecule has 1 aromatic carbocycles. The molecule has 1 unspecified atom stereocenters. The minimum atomic E-state index is -2.51. The molecule has 0 saturated carbocycles. The Morgan fingerprint density at radius 3 is 2.50 bits per heavy atom. The van der Waals surface area contributed by atoms with Gasteiger partial charge in [-0.05, 0) is 12.1 Å². The van der Waals surface area contributed by atoms with Crippen LogP contribution in [0, 0.1) is 0 Å². The lowest BCUT2D eigenvalue weighted by atomic mass is 10.3. The Bertz CT molecular complexity index is 410. The fourth-order valence-electron chi connectivity index (χ4n) is 1.46. The number of hydrogen-bond acceptors (Lipinski definition) is 3. The molecule has 1 aliphatic heterocycles. The molecule has 86 valence electrons. The maximum atomic E-state index is 11.8. The van der Waals surface area contributed by atoms with Crippen molar-refractivity contribution >= 4 is 14.2 Å². The molecule has 6 heteroatoms. The first kappa shape index (κ1) is 11.0. The van der Waals surface area contributed by atoms with Gasteiger partial charge in [-0.3, -0.25) is 4.57 Å². The van der Waals surface area contributed by atoms with Crippen molar-refractivity contribution in [2.24, 2.45) is 0 Å². The van der Waals surface area contributed by atoms with Gasteiger partial charge in [-0.25, -0.2) is 9.46 Å². The molecule has 1 aliphatic rings. The quantitative estimate of drug-likeness (QED) is 0.757. The number of amides is 2. The molecule has 0 bridgehead atoms. The van der Waals surface area contributed by atoms with Crippen molar-refractivity contribution in [2.75, 3.05) is 20.1 Å². The first-order valence-electron chi connectivity index (χ1n) is 4.98. The van der Waals surface area contributed by atoms with Gasteiger partial charge >= 0.3 is 14.2 Å². The highest BCUT2D eigenvalue weighted by atomic mass is 31.1. The summed E-state index contributed by atoms with van der Waals surface area (Å²) in [5.74, 6) is 0.522. The Kier molecular flexibility index (Phi) is 3.15. The number of benzene rings is 1. The van der Waals surface area contributed by atoms with Gasteiger partial charge in [0.15, 0.2) is 0 Å². The summed E-state index contributed by atoms with van der Waals surface area (Å²) in [7, 11) is -0.828. The van der Waals surface area contributed by atoms with Crippen molar-refractivity contribution in [1.82, 2.24) is 9.57 Å². The topological polar surface area (TPSA) is 49.9 Å². The summed E-state index contributed by atoms with van der Waals surface area (Å²) >= 11 is 0. The molecule has 5 nitrogen and oxygen atoms in total. The first-order chi connectivity index (χ1) is 7.68. The lowest BCUT2D eigenvalue weighted by Crippen LogP contribution is -2.25. The maximum absolute atomic E-state index is 11.8. The first-order valence-corrected chi connectivity index (χ1v) is 6.24. The molecule has 1 heterocycles. The number of carbonyl (C=O) groups is 1. The summed E-state index contributed by atoms with van der Waals surface area (Å²) in [6, 6.07) is 8.63. The zero-order chi connectivity index (χ0) is 11.5. The van der Waals surface area contributed by atoms with E-state index in [0.29, 0.717) is 18.8 Å². The van der Waals surface area contributed by atoms with Crippen molar-refractivity contribution in [2.45, 2.75) is 0 Å². The van der Waals surface area contributed by atoms with E-state index in [2.05, 4.69) is 0 Å². The fourth-order valence-corrected chi connectivity index (χ4v) is 2.52. The van der Waals surface area contributed by atoms with Crippen molar-refractivity contribution in [1.29, 1.82) is 0 Å². The molecule has 0 spiro atoms. The Morgan fingerprint density at radius 2 is 1.94 bits per heavy atom. The highest BCUT2D eigenvalue weighted by molar-refractivity contribution is 7.37. The van der Waals surface area contributed by atoms with Crippen LogP contribution in [0.1, 0.15) is 0 Å². The lowest BCUT2D eigenvalue weighted by Gasteiger charge is -2.15. The number of nitrogens with zero attached hydrogens (tertiary/aromatic N) is 2. The van der Waals surface area contributed by atoms with Crippen molar-refractivity contribution in [3.05, 3.63) is 30.3 Å². The summed E-state index contributed by atoms with van der Waals surface area (Å²) in [6.07, 6.45) is 0. The molecule has 1 atom stereocenters. The van der Waals surface area contributed by atoms with Crippen LogP contribution in [-0.2, 0) is 4.57 Å². The largest absolute Gasteiger partial charge is 0.431 e. The SMILES string of the molecule is CN1CCN([PH](=O)Oc2ccccc2)C1=O. The van der Waals surface area contributed by atoms with E-state index in [1.54, 1.807) is 31.3 Å². The van der Waals surface area contributed by atoms with Crippen LogP contribution in [0.3, 0.4) is 0 Å². The van der Waals surface area contributed by atoms with Gasteiger partial charge in [0, 0.05) is 20.1 Å². The Hall–Kier alpha value is -1.48. The Balaban J connectivity index is 2.02. The standard InChI is InChI=1S/C10H13N2O3P/c1-11-7-8-12(10(11)13)16(14)15-9-5-3-2-4-6-9/h2-6,16H,7-8H2,1H3. The highest BCUT2D eigenvalue weighted by Crippen LogP contribution is 2.33. The number of likely N-dealkylation sites (N-methyl/N-ethyl adjacent to an activating group) is 1. The lowest BCUT2D eigenvalue weighted by molar-refractivity contribution is 0.213. The molecule has 1 saturated heterocycles. The van der Waals surface area contributed by atoms with Crippen LogP contribution in [0.15, 0.2) is 30.3 Å².